The summed E-state index contributed by atoms with van der Waals surface area (Å²) in [5, 5.41) is 14.5. The van der Waals surface area contributed by atoms with Crippen molar-refractivity contribution in [3.8, 4) is 0 Å². The molecule has 0 saturated carbocycles. The van der Waals surface area contributed by atoms with Crippen molar-refractivity contribution in [2.45, 2.75) is 58.0 Å². The molecule has 0 amide bonds. The number of benzene rings is 2. The average molecular weight is 461 g/mol. The van der Waals surface area contributed by atoms with Gasteiger partial charge in [0.2, 0.25) is 0 Å². The number of nitro groups is 1. The number of allylic oxidation sites excluding steroid dienone is 3. The summed E-state index contributed by atoms with van der Waals surface area (Å²) in [4.78, 5) is 37.5. The van der Waals surface area contributed by atoms with Crippen LogP contribution in [-0.4, -0.2) is 22.8 Å². The number of esters is 1. The second kappa shape index (κ2) is 9.63. The zero-order valence-corrected chi connectivity index (χ0v) is 19.5. The minimum Gasteiger partial charge on any atom is -0.459 e. The van der Waals surface area contributed by atoms with Crippen molar-refractivity contribution in [3.63, 3.8) is 0 Å². The van der Waals surface area contributed by atoms with Crippen LogP contribution in [0, 0.1) is 10.1 Å². The molecule has 7 heteroatoms. The van der Waals surface area contributed by atoms with E-state index in [1.807, 2.05) is 51.1 Å². The lowest BCUT2D eigenvalue weighted by Gasteiger charge is -2.37. The van der Waals surface area contributed by atoms with Crippen molar-refractivity contribution in [1.29, 1.82) is 0 Å². The van der Waals surface area contributed by atoms with Crippen molar-refractivity contribution >= 4 is 17.4 Å². The van der Waals surface area contributed by atoms with Crippen LogP contribution in [0.5, 0.6) is 0 Å². The van der Waals surface area contributed by atoms with Gasteiger partial charge in [-0.15, -0.1) is 0 Å². The third-order valence-electron chi connectivity index (χ3n) is 6.64. The van der Waals surface area contributed by atoms with E-state index < -0.39 is 16.8 Å². The molecule has 1 aliphatic carbocycles. The van der Waals surface area contributed by atoms with Crippen molar-refractivity contribution in [2.24, 2.45) is 0 Å². The maximum absolute atomic E-state index is 13.5. The molecule has 1 aliphatic heterocycles. The van der Waals surface area contributed by atoms with Crippen molar-refractivity contribution < 1.29 is 19.2 Å². The van der Waals surface area contributed by atoms with Crippen LogP contribution in [0.25, 0.3) is 0 Å². The fourth-order valence-electron chi connectivity index (χ4n) is 4.72. The summed E-state index contributed by atoms with van der Waals surface area (Å²) in [6, 6.07) is 16.0. The minimum atomic E-state index is -0.641. The Morgan fingerprint density at radius 2 is 1.79 bits per heavy atom. The van der Waals surface area contributed by atoms with Gasteiger partial charge in [-0.2, -0.15) is 0 Å². The largest absolute Gasteiger partial charge is 0.459 e. The molecule has 3 atom stereocenters. The van der Waals surface area contributed by atoms with Gasteiger partial charge in [-0.05, 0) is 43.7 Å². The van der Waals surface area contributed by atoms with Crippen LogP contribution in [0.3, 0.4) is 0 Å². The number of carbonyl (C=O) groups excluding carboxylic acids is 2. The van der Waals surface area contributed by atoms with Gasteiger partial charge in [0.15, 0.2) is 5.78 Å². The highest BCUT2D eigenvalue weighted by Gasteiger charge is 2.41. The number of dihydropyridines is 1. The van der Waals surface area contributed by atoms with Crippen molar-refractivity contribution in [3.05, 3.63) is 98.4 Å². The molecule has 0 bridgehead atoms. The molecule has 34 heavy (non-hydrogen) atoms. The van der Waals surface area contributed by atoms with E-state index in [4.69, 9.17) is 4.74 Å². The second-order valence-corrected chi connectivity index (χ2v) is 8.90. The summed E-state index contributed by atoms with van der Waals surface area (Å²) in [6.45, 7) is 5.57. The number of nitrogens with one attached hydrogen (secondary N) is 1. The lowest BCUT2D eigenvalue weighted by atomic mass is 9.71. The van der Waals surface area contributed by atoms with E-state index in [0.717, 1.165) is 11.3 Å². The van der Waals surface area contributed by atoms with Gasteiger partial charge in [0, 0.05) is 41.4 Å². The van der Waals surface area contributed by atoms with Gasteiger partial charge in [0.25, 0.3) is 5.69 Å². The summed E-state index contributed by atoms with van der Waals surface area (Å²) in [7, 11) is 0. The summed E-state index contributed by atoms with van der Waals surface area (Å²) in [6.07, 6.45) is 1.37. The molecule has 7 nitrogen and oxygen atoms in total. The van der Waals surface area contributed by atoms with Gasteiger partial charge in [-0.3, -0.25) is 14.9 Å². The number of nitrogens with zero attached hydrogens (tertiary/aromatic N) is 1. The predicted molar refractivity (Wildman–Crippen MR) is 128 cm³/mol. The number of hydrogen-bond acceptors (Lipinski definition) is 6. The maximum atomic E-state index is 13.5. The molecule has 0 fully saturated rings. The normalized spacial score (nSPS) is 21.0. The van der Waals surface area contributed by atoms with Crippen LogP contribution >= 0.6 is 0 Å². The van der Waals surface area contributed by atoms with Gasteiger partial charge in [0.1, 0.15) is 0 Å². The Bertz CT molecular complexity index is 1180. The van der Waals surface area contributed by atoms with Crippen LogP contribution in [0.4, 0.5) is 5.69 Å². The number of nitro benzene ring substituents is 1. The topological polar surface area (TPSA) is 98.5 Å². The molecular weight excluding hydrogens is 432 g/mol. The number of carbonyl (C=O) groups is 2. The third-order valence-corrected chi connectivity index (χ3v) is 6.64. The zero-order chi connectivity index (χ0) is 24.4. The molecule has 0 spiro atoms. The highest BCUT2D eigenvalue weighted by Crippen LogP contribution is 2.46. The van der Waals surface area contributed by atoms with E-state index in [1.165, 1.54) is 12.1 Å². The summed E-state index contributed by atoms with van der Waals surface area (Å²) < 4.78 is 5.65. The molecule has 1 heterocycles. The standard InChI is InChI=1S/C27H28N2O5/c1-4-16(2)34-27(31)24-17(3)28-22-14-20(18-8-6-5-7-9-18)15-23(30)26(22)25(24)19-10-12-21(13-11-19)29(32)33/h5-13,16,20,25,28H,4,14-15H2,1-3H3/t16-,20+,25+/m1/s1. The lowest BCUT2D eigenvalue weighted by molar-refractivity contribution is -0.384. The number of rotatable bonds is 6. The fraction of sp³-hybridized carbons (Fsp3) is 0.333. The Balaban J connectivity index is 1.79. The molecule has 0 saturated heterocycles. The van der Waals surface area contributed by atoms with E-state index in [0.29, 0.717) is 41.7 Å². The SMILES string of the molecule is CC[C@@H](C)OC(=O)C1=C(C)NC2=C(C(=O)C[C@@H](c3ccccc3)C2)[C@H]1c1ccc([N+](=O)[O-])cc1. The predicted octanol–water partition coefficient (Wildman–Crippen LogP) is 5.30. The quantitative estimate of drug-likeness (QED) is 0.357. The third kappa shape index (κ3) is 4.51. The summed E-state index contributed by atoms with van der Waals surface area (Å²) in [5.74, 6) is -1.11. The Labute approximate surface area is 198 Å². The van der Waals surface area contributed by atoms with Gasteiger partial charge in [0.05, 0.1) is 16.6 Å². The molecule has 2 aliphatic rings. The highest BCUT2D eigenvalue weighted by molar-refractivity contribution is 6.04. The van der Waals surface area contributed by atoms with E-state index >= 15 is 0 Å². The molecule has 2 aromatic rings. The number of ketones is 1. The smallest absolute Gasteiger partial charge is 0.337 e. The van der Waals surface area contributed by atoms with Crippen molar-refractivity contribution in [2.75, 3.05) is 0 Å². The summed E-state index contributed by atoms with van der Waals surface area (Å²) in [5.41, 5.74) is 4.06. The maximum Gasteiger partial charge on any atom is 0.337 e. The number of ether oxygens (including phenoxy) is 1. The van der Waals surface area contributed by atoms with Crippen LogP contribution in [0.15, 0.2) is 77.1 Å². The Hall–Kier alpha value is -3.74. The van der Waals surface area contributed by atoms with Gasteiger partial charge in [-0.25, -0.2) is 4.79 Å². The van der Waals surface area contributed by atoms with E-state index in [1.54, 1.807) is 12.1 Å². The van der Waals surface area contributed by atoms with Crippen molar-refractivity contribution in [1.82, 2.24) is 5.32 Å². The Morgan fingerprint density at radius 3 is 2.41 bits per heavy atom. The first-order valence-corrected chi connectivity index (χ1v) is 11.5. The first-order chi connectivity index (χ1) is 16.3. The van der Waals surface area contributed by atoms with Crippen LogP contribution in [0.1, 0.15) is 63.0 Å². The molecule has 2 aromatic carbocycles. The molecule has 0 unspecified atom stereocenters. The van der Waals surface area contributed by atoms with Gasteiger partial charge < -0.3 is 10.1 Å². The molecule has 4 rings (SSSR count). The molecule has 176 valence electrons. The molecular formula is C27H28N2O5. The fourth-order valence-corrected chi connectivity index (χ4v) is 4.72. The van der Waals surface area contributed by atoms with Gasteiger partial charge in [-0.1, -0.05) is 49.4 Å². The number of Topliss-reactive ketones (excluding diaryl/α,β-unsaturated/α-hetero) is 1. The molecule has 0 aromatic heterocycles. The second-order valence-electron chi connectivity index (χ2n) is 8.90. The molecule has 0 radical (unpaired) electrons. The first kappa shape index (κ1) is 23.4. The van der Waals surface area contributed by atoms with E-state index in [2.05, 4.69) is 5.32 Å². The average Bonchev–Trinajstić information content (AvgIpc) is 2.83. The Morgan fingerprint density at radius 1 is 1.12 bits per heavy atom. The molecule has 1 N–H and O–H groups in total. The highest BCUT2D eigenvalue weighted by atomic mass is 16.6. The van der Waals surface area contributed by atoms with Crippen LogP contribution in [-0.2, 0) is 14.3 Å². The van der Waals surface area contributed by atoms with Crippen LogP contribution < -0.4 is 5.32 Å². The van der Waals surface area contributed by atoms with Crippen LogP contribution in [0.2, 0.25) is 0 Å². The zero-order valence-electron chi connectivity index (χ0n) is 19.5. The summed E-state index contributed by atoms with van der Waals surface area (Å²) >= 11 is 0. The number of hydrogen-bond donors (Lipinski definition) is 1. The Kier molecular flexibility index (Phi) is 6.63. The first-order valence-electron chi connectivity index (χ1n) is 11.5. The number of non-ortho nitro benzene ring substituents is 1. The van der Waals surface area contributed by atoms with Gasteiger partial charge >= 0.3 is 5.97 Å². The van der Waals surface area contributed by atoms with E-state index in [-0.39, 0.29) is 23.5 Å². The lowest BCUT2D eigenvalue weighted by Crippen LogP contribution is -2.36. The van der Waals surface area contributed by atoms with E-state index in [9.17, 15) is 19.7 Å². The monoisotopic (exact) mass is 460 g/mol. The minimum absolute atomic E-state index is 0.0349.